The van der Waals surface area contributed by atoms with Crippen LogP contribution in [0.15, 0.2) is 18.2 Å². The minimum atomic E-state index is -3.39. The second-order valence-electron chi connectivity index (χ2n) is 4.50. The van der Waals surface area contributed by atoms with Crippen LogP contribution in [0.4, 0.5) is 11.4 Å². The van der Waals surface area contributed by atoms with Crippen molar-refractivity contribution in [3.05, 3.63) is 23.8 Å². The lowest BCUT2D eigenvalue weighted by atomic mass is 10.2. The van der Waals surface area contributed by atoms with Crippen molar-refractivity contribution in [2.45, 2.75) is 25.0 Å². The molecule has 100 valence electrons. The van der Waals surface area contributed by atoms with Crippen molar-refractivity contribution in [1.82, 2.24) is 0 Å². The van der Waals surface area contributed by atoms with Crippen LogP contribution in [0.5, 0.6) is 0 Å². The summed E-state index contributed by atoms with van der Waals surface area (Å²) in [5.41, 5.74) is 7.57. The maximum absolute atomic E-state index is 12.2. The Labute approximate surface area is 107 Å². The van der Waals surface area contributed by atoms with E-state index in [1.165, 1.54) is 0 Å². The molecule has 1 fully saturated rings. The normalized spacial score (nSPS) is 17.6. The van der Waals surface area contributed by atoms with E-state index in [-0.39, 0.29) is 0 Å². The van der Waals surface area contributed by atoms with Crippen LogP contribution in [-0.2, 0) is 14.8 Å². The number of ether oxygens (including phenoxy) is 1. The molecule has 3 N–H and O–H groups in total. The molecule has 1 aromatic carbocycles. The van der Waals surface area contributed by atoms with E-state index in [2.05, 4.69) is 4.72 Å². The first-order valence-electron chi connectivity index (χ1n) is 5.95. The summed E-state index contributed by atoms with van der Waals surface area (Å²) in [6, 6.07) is 5.32. The van der Waals surface area contributed by atoms with Gasteiger partial charge in [0.2, 0.25) is 10.0 Å². The van der Waals surface area contributed by atoms with Crippen LogP contribution in [0.3, 0.4) is 0 Å². The predicted molar refractivity (Wildman–Crippen MR) is 72.0 cm³/mol. The van der Waals surface area contributed by atoms with Gasteiger partial charge in [-0.05, 0) is 31.4 Å². The SMILES string of the molecule is Cc1cccc(N)c1NS(=O)(=O)C1CCOCC1. The molecule has 1 saturated heterocycles. The summed E-state index contributed by atoms with van der Waals surface area (Å²) in [7, 11) is -3.39. The Morgan fingerprint density at radius 3 is 2.61 bits per heavy atom. The molecule has 0 aromatic heterocycles. The average molecular weight is 270 g/mol. The van der Waals surface area contributed by atoms with Gasteiger partial charge in [0.05, 0.1) is 16.6 Å². The van der Waals surface area contributed by atoms with Gasteiger partial charge in [-0.15, -0.1) is 0 Å². The second-order valence-corrected chi connectivity index (χ2v) is 6.46. The first kappa shape index (κ1) is 13.2. The van der Waals surface area contributed by atoms with Gasteiger partial charge in [0.15, 0.2) is 0 Å². The van der Waals surface area contributed by atoms with Gasteiger partial charge in [-0.1, -0.05) is 12.1 Å². The molecule has 0 atom stereocenters. The highest BCUT2D eigenvalue weighted by molar-refractivity contribution is 7.93. The van der Waals surface area contributed by atoms with E-state index < -0.39 is 15.3 Å². The molecule has 0 bridgehead atoms. The zero-order chi connectivity index (χ0) is 13.2. The third-order valence-electron chi connectivity index (χ3n) is 3.16. The summed E-state index contributed by atoms with van der Waals surface area (Å²) in [6.07, 6.45) is 1.06. The Bertz CT molecular complexity index is 502. The number of nitrogen functional groups attached to an aromatic ring is 1. The molecule has 1 aliphatic heterocycles. The first-order chi connectivity index (χ1) is 8.50. The van der Waals surface area contributed by atoms with Gasteiger partial charge in [0, 0.05) is 13.2 Å². The van der Waals surface area contributed by atoms with Crippen molar-refractivity contribution in [3.63, 3.8) is 0 Å². The van der Waals surface area contributed by atoms with Gasteiger partial charge in [-0.25, -0.2) is 8.42 Å². The van der Waals surface area contributed by atoms with E-state index in [0.29, 0.717) is 37.4 Å². The molecular formula is C12H18N2O3S. The quantitative estimate of drug-likeness (QED) is 0.815. The number of nitrogens with two attached hydrogens (primary N) is 1. The van der Waals surface area contributed by atoms with Crippen LogP contribution in [0.2, 0.25) is 0 Å². The zero-order valence-electron chi connectivity index (χ0n) is 10.3. The summed E-state index contributed by atoms with van der Waals surface area (Å²) in [5.74, 6) is 0. The molecule has 5 nitrogen and oxygen atoms in total. The van der Waals surface area contributed by atoms with E-state index in [1.54, 1.807) is 12.1 Å². The van der Waals surface area contributed by atoms with Crippen molar-refractivity contribution < 1.29 is 13.2 Å². The zero-order valence-corrected chi connectivity index (χ0v) is 11.2. The van der Waals surface area contributed by atoms with Gasteiger partial charge in [-0.2, -0.15) is 0 Å². The van der Waals surface area contributed by atoms with Crippen LogP contribution >= 0.6 is 0 Å². The van der Waals surface area contributed by atoms with E-state index in [0.717, 1.165) is 5.56 Å². The number of sulfonamides is 1. The molecule has 1 aliphatic rings. The molecular weight excluding hydrogens is 252 g/mol. The fourth-order valence-corrected chi connectivity index (χ4v) is 3.58. The molecule has 0 aliphatic carbocycles. The van der Waals surface area contributed by atoms with Crippen molar-refractivity contribution in [2.24, 2.45) is 0 Å². The van der Waals surface area contributed by atoms with Crippen LogP contribution in [0, 0.1) is 6.92 Å². The number of hydrogen-bond donors (Lipinski definition) is 2. The average Bonchev–Trinajstić information content (AvgIpc) is 2.35. The highest BCUT2D eigenvalue weighted by Crippen LogP contribution is 2.26. The summed E-state index contributed by atoms with van der Waals surface area (Å²) in [5, 5.41) is -0.398. The standard InChI is InChI=1S/C12H18N2O3S/c1-9-3-2-4-11(13)12(9)14-18(15,16)10-5-7-17-8-6-10/h2-4,10,14H,5-8,13H2,1H3. The molecule has 6 heteroatoms. The topological polar surface area (TPSA) is 81.4 Å². The van der Waals surface area contributed by atoms with Gasteiger partial charge < -0.3 is 10.5 Å². The van der Waals surface area contributed by atoms with Gasteiger partial charge in [0.25, 0.3) is 0 Å². The first-order valence-corrected chi connectivity index (χ1v) is 7.50. The Kier molecular flexibility index (Phi) is 3.77. The summed E-state index contributed by atoms with van der Waals surface area (Å²) in [6.45, 7) is 2.82. The van der Waals surface area contributed by atoms with E-state index in [4.69, 9.17) is 10.5 Å². The van der Waals surface area contributed by atoms with Crippen molar-refractivity contribution >= 4 is 21.4 Å². The lowest BCUT2D eigenvalue weighted by Gasteiger charge is -2.23. The third kappa shape index (κ3) is 2.76. The minimum absolute atomic E-state index is 0.398. The fourth-order valence-electron chi connectivity index (χ4n) is 2.04. The predicted octanol–water partition coefficient (Wildman–Crippen LogP) is 1.50. The van der Waals surface area contributed by atoms with Crippen molar-refractivity contribution in [3.8, 4) is 0 Å². The number of para-hydroxylation sites is 1. The van der Waals surface area contributed by atoms with Gasteiger partial charge in [-0.3, -0.25) is 4.72 Å². The molecule has 1 heterocycles. The highest BCUT2D eigenvalue weighted by Gasteiger charge is 2.28. The number of benzene rings is 1. The van der Waals surface area contributed by atoms with E-state index in [1.807, 2.05) is 13.0 Å². The maximum atomic E-state index is 12.2. The molecule has 0 radical (unpaired) electrons. The van der Waals surface area contributed by atoms with Crippen molar-refractivity contribution in [1.29, 1.82) is 0 Å². The lowest BCUT2D eigenvalue weighted by molar-refractivity contribution is 0.0984. The van der Waals surface area contributed by atoms with Crippen LogP contribution < -0.4 is 10.5 Å². The molecule has 0 amide bonds. The largest absolute Gasteiger partial charge is 0.397 e. The smallest absolute Gasteiger partial charge is 0.235 e. The van der Waals surface area contributed by atoms with Gasteiger partial charge >= 0.3 is 0 Å². The van der Waals surface area contributed by atoms with Crippen LogP contribution in [0.25, 0.3) is 0 Å². The van der Waals surface area contributed by atoms with Crippen LogP contribution in [-0.4, -0.2) is 26.9 Å². The second kappa shape index (κ2) is 5.16. The molecule has 0 spiro atoms. The van der Waals surface area contributed by atoms with Gasteiger partial charge in [0.1, 0.15) is 0 Å². The number of hydrogen-bond acceptors (Lipinski definition) is 4. The molecule has 1 aromatic rings. The number of rotatable bonds is 3. The molecule has 0 saturated carbocycles. The number of nitrogens with one attached hydrogen (secondary N) is 1. The summed E-state index contributed by atoms with van der Waals surface area (Å²) >= 11 is 0. The molecule has 0 unspecified atom stereocenters. The Hall–Kier alpha value is -1.27. The summed E-state index contributed by atoms with van der Waals surface area (Å²) in [4.78, 5) is 0. The monoisotopic (exact) mass is 270 g/mol. The third-order valence-corrected chi connectivity index (χ3v) is 4.99. The molecule has 2 rings (SSSR count). The summed E-state index contributed by atoms with van der Waals surface area (Å²) < 4.78 is 32.3. The van der Waals surface area contributed by atoms with Crippen molar-refractivity contribution in [2.75, 3.05) is 23.7 Å². The Balaban J connectivity index is 2.22. The maximum Gasteiger partial charge on any atom is 0.235 e. The lowest BCUT2D eigenvalue weighted by Crippen LogP contribution is -2.33. The highest BCUT2D eigenvalue weighted by atomic mass is 32.2. The fraction of sp³-hybridized carbons (Fsp3) is 0.500. The number of anilines is 2. The molecule has 18 heavy (non-hydrogen) atoms. The minimum Gasteiger partial charge on any atom is -0.397 e. The Morgan fingerprint density at radius 2 is 2.00 bits per heavy atom. The van der Waals surface area contributed by atoms with E-state index >= 15 is 0 Å². The van der Waals surface area contributed by atoms with E-state index in [9.17, 15) is 8.42 Å². The number of aryl methyl sites for hydroxylation is 1. The van der Waals surface area contributed by atoms with Crippen LogP contribution in [0.1, 0.15) is 18.4 Å². The Morgan fingerprint density at radius 1 is 1.33 bits per heavy atom.